The molecule has 22 heavy (non-hydrogen) atoms. The lowest BCUT2D eigenvalue weighted by atomic mass is 10.0. The number of halogens is 1. The molecule has 1 aliphatic rings. The van der Waals surface area contributed by atoms with E-state index in [0.29, 0.717) is 24.7 Å². The van der Waals surface area contributed by atoms with Gasteiger partial charge in [-0.25, -0.2) is 0 Å². The van der Waals surface area contributed by atoms with Crippen LogP contribution in [0, 0.1) is 0 Å². The highest BCUT2D eigenvalue weighted by atomic mass is 35.5. The van der Waals surface area contributed by atoms with Crippen molar-refractivity contribution >= 4 is 18.3 Å². The Morgan fingerprint density at radius 1 is 1.32 bits per heavy atom. The number of rotatable bonds is 6. The van der Waals surface area contributed by atoms with Crippen LogP contribution in [0.15, 0.2) is 24.3 Å². The summed E-state index contributed by atoms with van der Waals surface area (Å²) in [5.41, 5.74) is 0. The summed E-state index contributed by atoms with van der Waals surface area (Å²) in [6.45, 7) is 1.95. The lowest BCUT2D eigenvalue weighted by Crippen LogP contribution is -2.48. The summed E-state index contributed by atoms with van der Waals surface area (Å²) in [4.78, 5) is 14.0. The van der Waals surface area contributed by atoms with E-state index in [1.165, 1.54) is 0 Å². The van der Waals surface area contributed by atoms with Gasteiger partial charge in [-0.05, 0) is 31.5 Å². The monoisotopic (exact) mass is 328 g/mol. The maximum atomic E-state index is 12.2. The number of piperidine rings is 1. The molecule has 1 atom stereocenters. The molecule has 2 rings (SSSR count). The first-order valence-corrected chi connectivity index (χ1v) is 7.46. The average Bonchev–Trinajstić information content (AvgIpc) is 2.55. The van der Waals surface area contributed by atoms with E-state index >= 15 is 0 Å². The van der Waals surface area contributed by atoms with Crippen molar-refractivity contribution in [2.45, 2.75) is 25.3 Å². The van der Waals surface area contributed by atoms with E-state index < -0.39 is 0 Å². The molecule has 1 N–H and O–H groups in total. The van der Waals surface area contributed by atoms with Crippen LogP contribution in [0.25, 0.3) is 0 Å². The topological polar surface area (TPSA) is 50.8 Å². The number of carbonyl (C=O) groups is 1. The molecular formula is C16H25ClN2O3. The number of hydrogen-bond acceptors (Lipinski definition) is 4. The average molecular weight is 329 g/mol. The van der Waals surface area contributed by atoms with E-state index in [1.54, 1.807) is 12.0 Å². The third kappa shape index (κ3) is 5.07. The van der Waals surface area contributed by atoms with Gasteiger partial charge >= 0.3 is 0 Å². The van der Waals surface area contributed by atoms with Gasteiger partial charge < -0.3 is 19.7 Å². The number of para-hydroxylation sites is 2. The number of methoxy groups -OCH3 is 1. The summed E-state index contributed by atoms with van der Waals surface area (Å²) in [6, 6.07) is 7.49. The molecule has 1 heterocycles. The molecule has 6 heteroatoms. The number of benzene rings is 1. The summed E-state index contributed by atoms with van der Waals surface area (Å²) in [5, 5.41) is 3.27. The zero-order valence-electron chi connectivity index (χ0n) is 13.2. The number of amides is 1. The van der Waals surface area contributed by atoms with Gasteiger partial charge in [0.05, 0.1) is 19.7 Å². The maximum Gasteiger partial charge on any atom is 0.239 e. The summed E-state index contributed by atoms with van der Waals surface area (Å²) < 4.78 is 10.9. The minimum Gasteiger partial charge on any atom is -0.493 e. The number of nitrogens with one attached hydrogen (secondary N) is 1. The lowest BCUT2D eigenvalue weighted by molar-refractivity contribution is -0.133. The van der Waals surface area contributed by atoms with Crippen LogP contribution in [-0.4, -0.2) is 50.7 Å². The molecule has 124 valence electrons. The molecular weight excluding hydrogens is 304 g/mol. The largest absolute Gasteiger partial charge is 0.493 e. The van der Waals surface area contributed by atoms with Crippen LogP contribution in [0.1, 0.15) is 19.3 Å². The van der Waals surface area contributed by atoms with E-state index in [0.717, 1.165) is 25.8 Å². The Kier molecular flexibility index (Phi) is 8.06. The molecule has 0 spiro atoms. The maximum absolute atomic E-state index is 12.2. The van der Waals surface area contributed by atoms with Gasteiger partial charge in [-0.15, -0.1) is 12.4 Å². The van der Waals surface area contributed by atoms with E-state index in [2.05, 4.69) is 5.32 Å². The minimum atomic E-state index is -0.0324. The number of carbonyl (C=O) groups excluding carboxylic acids is 1. The first kappa shape index (κ1) is 18.6. The number of likely N-dealkylation sites (N-methyl/N-ethyl adjacent to an activating group) is 1. The van der Waals surface area contributed by atoms with Crippen molar-refractivity contribution < 1.29 is 14.3 Å². The molecule has 1 unspecified atom stereocenters. The van der Waals surface area contributed by atoms with Crippen LogP contribution >= 0.6 is 12.4 Å². The Hall–Kier alpha value is -1.46. The van der Waals surface area contributed by atoms with Crippen LogP contribution in [-0.2, 0) is 4.79 Å². The zero-order valence-corrected chi connectivity index (χ0v) is 14.0. The van der Waals surface area contributed by atoms with Gasteiger partial charge in [-0.2, -0.15) is 0 Å². The minimum absolute atomic E-state index is 0. The molecule has 1 saturated heterocycles. The summed E-state index contributed by atoms with van der Waals surface area (Å²) in [5.74, 6) is 1.57. The van der Waals surface area contributed by atoms with E-state index in [-0.39, 0.29) is 24.4 Å². The molecule has 1 aliphatic heterocycles. The third-order valence-corrected chi connectivity index (χ3v) is 3.74. The Morgan fingerprint density at radius 2 is 2.05 bits per heavy atom. The summed E-state index contributed by atoms with van der Waals surface area (Å²) in [6.07, 6.45) is 3.20. The molecule has 1 amide bonds. The van der Waals surface area contributed by atoms with E-state index in [9.17, 15) is 4.79 Å². The fourth-order valence-corrected chi connectivity index (χ4v) is 2.47. The Balaban J connectivity index is 0.00000242. The van der Waals surface area contributed by atoms with Crippen LogP contribution in [0.5, 0.6) is 11.5 Å². The van der Waals surface area contributed by atoms with Gasteiger partial charge in [0, 0.05) is 7.05 Å². The molecule has 1 aromatic rings. The molecule has 1 aromatic carbocycles. The fourth-order valence-electron chi connectivity index (χ4n) is 2.47. The number of nitrogens with zero attached hydrogens (tertiary/aromatic N) is 1. The van der Waals surface area contributed by atoms with Gasteiger partial charge in [-0.3, -0.25) is 4.79 Å². The fraction of sp³-hybridized carbons (Fsp3) is 0.562. The van der Waals surface area contributed by atoms with Crippen molar-refractivity contribution in [3.05, 3.63) is 24.3 Å². The molecule has 0 aromatic heterocycles. The van der Waals surface area contributed by atoms with Crippen molar-refractivity contribution in [3.8, 4) is 11.5 Å². The van der Waals surface area contributed by atoms with Crippen LogP contribution in [0.2, 0.25) is 0 Å². The number of ether oxygens (including phenoxy) is 2. The van der Waals surface area contributed by atoms with Crippen molar-refractivity contribution in [2.75, 3.05) is 33.9 Å². The predicted octanol–water partition coefficient (Wildman–Crippen LogP) is 2.10. The highest BCUT2D eigenvalue weighted by molar-refractivity contribution is 5.85. The molecule has 0 radical (unpaired) electrons. The van der Waals surface area contributed by atoms with Gasteiger partial charge in [-0.1, -0.05) is 18.6 Å². The van der Waals surface area contributed by atoms with Crippen molar-refractivity contribution in [2.24, 2.45) is 0 Å². The summed E-state index contributed by atoms with van der Waals surface area (Å²) >= 11 is 0. The zero-order chi connectivity index (χ0) is 15.1. The lowest BCUT2D eigenvalue weighted by Gasteiger charge is -2.27. The number of hydrogen-bond donors (Lipinski definition) is 1. The predicted molar refractivity (Wildman–Crippen MR) is 89.0 cm³/mol. The quantitative estimate of drug-likeness (QED) is 0.869. The van der Waals surface area contributed by atoms with Crippen LogP contribution in [0.4, 0.5) is 0 Å². The Morgan fingerprint density at radius 3 is 2.68 bits per heavy atom. The highest BCUT2D eigenvalue weighted by Gasteiger charge is 2.23. The molecule has 0 bridgehead atoms. The second kappa shape index (κ2) is 9.54. The van der Waals surface area contributed by atoms with E-state index in [1.807, 2.05) is 31.3 Å². The van der Waals surface area contributed by atoms with Crippen molar-refractivity contribution in [3.63, 3.8) is 0 Å². The van der Waals surface area contributed by atoms with Crippen molar-refractivity contribution in [1.29, 1.82) is 0 Å². The summed E-state index contributed by atoms with van der Waals surface area (Å²) in [7, 11) is 3.44. The molecule has 0 aliphatic carbocycles. The second-order valence-corrected chi connectivity index (χ2v) is 5.26. The molecule has 0 saturated carbocycles. The van der Waals surface area contributed by atoms with Gasteiger partial charge in [0.15, 0.2) is 11.5 Å². The molecule has 1 fully saturated rings. The normalized spacial score (nSPS) is 17.3. The van der Waals surface area contributed by atoms with Gasteiger partial charge in [0.2, 0.25) is 5.91 Å². The molecule has 5 nitrogen and oxygen atoms in total. The van der Waals surface area contributed by atoms with Crippen LogP contribution in [0.3, 0.4) is 0 Å². The van der Waals surface area contributed by atoms with Gasteiger partial charge in [0.25, 0.3) is 0 Å². The van der Waals surface area contributed by atoms with Gasteiger partial charge in [0.1, 0.15) is 6.61 Å². The Bertz CT molecular complexity index is 464. The standard InChI is InChI=1S/C16H24N2O3.ClH/c1-18(16(19)13-7-5-6-10-17-13)11-12-21-15-9-4-3-8-14(15)20-2;/h3-4,8-9,13,17H,5-7,10-12H2,1-2H3;1H. The second-order valence-electron chi connectivity index (χ2n) is 5.26. The first-order chi connectivity index (χ1) is 10.2. The van der Waals surface area contributed by atoms with Crippen LogP contribution < -0.4 is 14.8 Å². The van der Waals surface area contributed by atoms with E-state index in [4.69, 9.17) is 9.47 Å². The highest BCUT2D eigenvalue weighted by Crippen LogP contribution is 2.25. The van der Waals surface area contributed by atoms with Crippen molar-refractivity contribution in [1.82, 2.24) is 10.2 Å². The first-order valence-electron chi connectivity index (χ1n) is 7.46. The SMILES string of the molecule is COc1ccccc1OCCN(C)C(=O)C1CCCCN1.Cl. The Labute approximate surface area is 138 Å². The third-order valence-electron chi connectivity index (χ3n) is 3.74. The smallest absolute Gasteiger partial charge is 0.239 e.